The summed E-state index contributed by atoms with van der Waals surface area (Å²) < 4.78 is 7.09. The van der Waals surface area contributed by atoms with Crippen molar-refractivity contribution in [2.45, 2.75) is 20.3 Å². The van der Waals surface area contributed by atoms with E-state index in [1.54, 1.807) is 11.5 Å². The molecule has 0 aliphatic heterocycles. The standard InChI is InChI=1S/C25H23N3O2/c1-5-20-23(26-3)21(24(28(20)4)25(29)30-6-2)17-12-10-16(11-13-17)19-9-7-8-18-14-15-27-22(18)19/h7-15,27H,5-6H2,1-2,4H3. The molecule has 0 amide bonds. The number of para-hydroxylation sites is 1. The van der Waals surface area contributed by atoms with E-state index in [4.69, 9.17) is 11.3 Å². The minimum atomic E-state index is -0.403. The highest BCUT2D eigenvalue weighted by Gasteiger charge is 2.26. The minimum Gasteiger partial charge on any atom is -0.461 e. The molecule has 1 N–H and O–H groups in total. The van der Waals surface area contributed by atoms with Crippen LogP contribution in [0.5, 0.6) is 0 Å². The van der Waals surface area contributed by atoms with Crippen LogP contribution in [0.3, 0.4) is 0 Å². The molecule has 2 aromatic carbocycles. The van der Waals surface area contributed by atoms with Gasteiger partial charge < -0.3 is 14.3 Å². The maximum Gasteiger partial charge on any atom is 0.354 e. The van der Waals surface area contributed by atoms with E-state index in [1.807, 2.05) is 50.5 Å². The predicted octanol–water partition coefficient (Wildman–Crippen LogP) is 6.13. The Morgan fingerprint density at radius 3 is 2.50 bits per heavy atom. The Balaban J connectivity index is 1.86. The average Bonchev–Trinajstić information content (AvgIpc) is 3.35. The highest BCUT2D eigenvalue weighted by atomic mass is 16.5. The summed E-state index contributed by atoms with van der Waals surface area (Å²) in [6.45, 7) is 11.8. The van der Waals surface area contributed by atoms with E-state index in [9.17, 15) is 4.79 Å². The number of carbonyl (C=O) groups excluding carboxylic acids is 1. The van der Waals surface area contributed by atoms with Crippen molar-refractivity contribution in [1.82, 2.24) is 9.55 Å². The van der Waals surface area contributed by atoms with Crippen molar-refractivity contribution in [2.24, 2.45) is 7.05 Å². The third kappa shape index (κ3) is 3.07. The first-order chi connectivity index (χ1) is 14.6. The second-order valence-corrected chi connectivity index (χ2v) is 7.09. The number of nitrogens with zero attached hydrogens (tertiary/aromatic N) is 2. The Hall–Kier alpha value is -3.78. The molecule has 0 spiro atoms. The molecule has 0 fully saturated rings. The Morgan fingerprint density at radius 1 is 1.10 bits per heavy atom. The van der Waals surface area contributed by atoms with Crippen LogP contribution < -0.4 is 0 Å². The van der Waals surface area contributed by atoms with Crippen molar-refractivity contribution < 1.29 is 9.53 Å². The number of hydrogen-bond donors (Lipinski definition) is 1. The van der Waals surface area contributed by atoms with Gasteiger partial charge in [-0.1, -0.05) is 49.4 Å². The molecule has 0 radical (unpaired) electrons. The third-order valence-electron chi connectivity index (χ3n) is 5.47. The minimum absolute atomic E-state index is 0.289. The van der Waals surface area contributed by atoms with Crippen LogP contribution >= 0.6 is 0 Å². The molecule has 5 nitrogen and oxygen atoms in total. The van der Waals surface area contributed by atoms with E-state index in [0.29, 0.717) is 23.4 Å². The number of carbonyl (C=O) groups is 1. The summed E-state index contributed by atoms with van der Waals surface area (Å²) in [6.07, 6.45) is 2.60. The monoisotopic (exact) mass is 397 g/mol. The fourth-order valence-corrected chi connectivity index (χ4v) is 4.10. The Morgan fingerprint density at radius 2 is 1.83 bits per heavy atom. The van der Waals surface area contributed by atoms with Gasteiger partial charge in [-0.2, -0.15) is 0 Å². The molecule has 0 bridgehead atoms. The van der Waals surface area contributed by atoms with Gasteiger partial charge in [-0.25, -0.2) is 9.64 Å². The number of nitrogens with one attached hydrogen (secondary N) is 1. The fraction of sp³-hybridized carbons (Fsp3) is 0.200. The smallest absolute Gasteiger partial charge is 0.354 e. The van der Waals surface area contributed by atoms with Crippen molar-refractivity contribution in [3.8, 4) is 22.3 Å². The lowest BCUT2D eigenvalue weighted by atomic mass is 9.98. The van der Waals surface area contributed by atoms with E-state index in [2.05, 4.69) is 28.0 Å². The van der Waals surface area contributed by atoms with Crippen molar-refractivity contribution in [3.63, 3.8) is 0 Å². The van der Waals surface area contributed by atoms with Crippen LogP contribution in [0, 0.1) is 6.57 Å². The lowest BCUT2D eigenvalue weighted by molar-refractivity contribution is 0.0516. The number of aromatic nitrogens is 2. The first-order valence-electron chi connectivity index (χ1n) is 10.0. The molecule has 0 unspecified atom stereocenters. The molecular weight excluding hydrogens is 374 g/mol. The number of H-pyrrole nitrogens is 1. The van der Waals surface area contributed by atoms with Crippen LogP contribution in [0.1, 0.15) is 30.0 Å². The van der Waals surface area contributed by atoms with Gasteiger partial charge in [-0.05, 0) is 35.9 Å². The summed E-state index contributed by atoms with van der Waals surface area (Å²) in [5.41, 5.74) is 6.54. The van der Waals surface area contributed by atoms with Crippen molar-refractivity contribution in [2.75, 3.05) is 6.61 Å². The molecule has 0 aliphatic rings. The third-order valence-corrected chi connectivity index (χ3v) is 5.47. The number of ether oxygens (including phenoxy) is 1. The van der Waals surface area contributed by atoms with Crippen LogP contribution in [-0.4, -0.2) is 22.1 Å². The number of benzene rings is 2. The van der Waals surface area contributed by atoms with E-state index >= 15 is 0 Å². The molecule has 30 heavy (non-hydrogen) atoms. The summed E-state index contributed by atoms with van der Waals surface area (Å²) in [7, 11) is 1.82. The van der Waals surface area contributed by atoms with E-state index in [-0.39, 0.29) is 6.61 Å². The summed E-state index contributed by atoms with van der Waals surface area (Å²) in [5, 5.41) is 1.16. The quantitative estimate of drug-likeness (QED) is 0.325. The van der Waals surface area contributed by atoms with Gasteiger partial charge in [0, 0.05) is 30.1 Å². The Kier molecular flexibility index (Phi) is 5.16. The highest BCUT2D eigenvalue weighted by molar-refractivity contribution is 6.02. The number of fused-ring (bicyclic) bond motifs is 1. The van der Waals surface area contributed by atoms with E-state index < -0.39 is 5.97 Å². The topological polar surface area (TPSA) is 51.4 Å². The zero-order valence-corrected chi connectivity index (χ0v) is 17.3. The first-order valence-corrected chi connectivity index (χ1v) is 10.0. The summed E-state index contributed by atoms with van der Waals surface area (Å²) in [4.78, 5) is 19.8. The molecule has 0 atom stereocenters. The van der Waals surface area contributed by atoms with E-state index in [0.717, 1.165) is 33.3 Å². The molecule has 0 saturated carbocycles. The van der Waals surface area contributed by atoms with Gasteiger partial charge in [0.05, 0.1) is 18.7 Å². The predicted molar refractivity (Wildman–Crippen MR) is 120 cm³/mol. The van der Waals surface area contributed by atoms with Crippen LogP contribution in [0.15, 0.2) is 54.7 Å². The summed E-state index contributed by atoms with van der Waals surface area (Å²) >= 11 is 0. The fourth-order valence-electron chi connectivity index (χ4n) is 4.10. The van der Waals surface area contributed by atoms with Gasteiger partial charge >= 0.3 is 5.97 Å². The van der Waals surface area contributed by atoms with Crippen LogP contribution in [0.25, 0.3) is 38.0 Å². The number of rotatable bonds is 5. The van der Waals surface area contributed by atoms with Gasteiger partial charge in [-0.3, -0.25) is 0 Å². The second-order valence-electron chi connectivity index (χ2n) is 7.09. The molecule has 0 aliphatic carbocycles. The van der Waals surface area contributed by atoms with Gasteiger partial charge in [0.1, 0.15) is 5.69 Å². The Labute approximate surface area is 175 Å². The molecule has 5 heteroatoms. The van der Waals surface area contributed by atoms with Gasteiger partial charge in [0.2, 0.25) is 5.69 Å². The van der Waals surface area contributed by atoms with Crippen molar-refractivity contribution in [1.29, 1.82) is 0 Å². The Bertz CT molecular complexity index is 1270. The van der Waals surface area contributed by atoms with Crippen molar-refractivity contribution in [3.05, 3.63) is 77.5 Å². The van der Waals surface area contributed by atoms with Crippen LogP contribution in [0.4, 0.5) is 5.69 Å². The molecular formula is C25H23N3O2. The van der Waals surface area contributed by atoms with Crippen molar-refractivity contribution >= 4 is 22.6 Å². The number of esters is 1. The molecule has 0 saturated heterocycles. The van der Waals surface area contributed by atoms with Gasteiger partial charge in [0.25, 0.3) is 0 Å². The summed E-state index contributed by atoms with van der Waals surface area (Å²) in [6, 6.07) is 16.3. The van der Waals surface area contributed by atoms with Crippen LogP contribution in [-0.2, 0) is 18.2 Å². The largest absolute Gasteiger partial charge is 0.461 e. The molecule has 2 heterocycles. The molecule has 4 rings (SSSR count). The first kappa shape index (κ1) is 19.5. The summed E-state index contributed by atoms with van der Waals surface area (Å²) in [5.74, 6) is -0.403. The second kappa shape index (κ2) is 7.92. The zero-order chi connectivity index (χ0) is 21.3. The lowest BCUT2D eigenvalue weighted by Crippen LogP contribution is -2.12. The lowest BCUT2D eigenvalue weighted by Gasteiger charge is -2.10. The zero-order valence-electron chi connectivity index (χ0n) is 17.3. The highest BCUT2D eigenvalue weighted by Crippen LogP contribution is 2.40. The number of hydrogen-bond acceptors (Lipinski definition) is 2. The SMILES string of the molecule is [C-]#[N+]c1c(-c2ccc(-c3cccc4cc[nH]c34)cc2)c(C(=O)OCC)n(C)c1CC. The molecule has 2 aromatic heterocycles. The van der Waals surface area contributed by atoms with Gasteiger partial charge in [0.15, 0.2) is 0 Å². The maximum absolute atomic E-state index is 12.7. The van der Waals surface area contributed by atoms with Gasteiger partial charge in [-0.15, -0.1) is 0 Å². The average molecular weight is 397 g/mol. The van der Waals surface area contributed by atoms with Crippen LogP contribution in [0.2, 0.25) is 0 Å². The molecule has 150 valence electrons. The maximum atomic E-state index is 12.7. The normalized spacial score (nSPS) is 10.9. The molecule has 4 aromatic rings. The van der Waals surface area contributed by atoms with E-state index in [1.165, 1.54) is 0 Å². The number of aromatic amines is 1.